The number of halogens is 3. The van der Waals surface area contributed by atoms with E-state index in [1.165, 1.54) is 23.5 Å². The molecule has 0 saturated heterocycles. The van der Waals surface area contributed by atoms with E-state index in [2.05, 4.69) is 20.3 Å². The number of thiazole rings is 1. The lowest BCUT2D eigenvalue weighted by Crippen LogP contribution is -2.04. The molecule has 0 unspecified atom stereocenters. The number of nitrogens with zero attached hydrogens (tertiary/aromatic N) is 3. The summed E-state index contributed by atoms with van der Waals surface area (Å²) in [5.74, 6) is 0.299. The number of anilines is 2. The molecule has 0 radical (unpaired) electrons. The van der Waals surface area contributed by atoms with Crippen LogP contribution >= 0.6 is 11.3 Å². The minimum absolute atomic E-state index is 0.299. The van der Waals surface area contributed by atoms with E-state index in [0.29, 0.717) is 17.3 Å². The second-order valence-corrected chi connectivity index (χ2v) is 5.20. The number of hydrogen-bond acceptors (Lipinski definition) is 5. The summed E-state index contributed by atoms with van der Waals surface area (Å²) in [4.78, 5) is 12.5. The molecule has 2 heterocycles. The molecule has 3 rings (SSSR count). The van der Waals surface area contributed by atoms with Crippen molar-refractivity contribution in [3.05, 3.63) is 53.7 Å². The van der Waals surface area contributed by atoms with Crippen molar-refractivity contribution in [2.75, 3.05) is 5.32 Å². The predicted molar refractivity (Wildman–Crippen MR) is 77.9 cm³/mol. The Morgan fingerprint density at radius 2 is 1.73 bits per heavy atom. The summed E-state index contributed by atoms with van der Waals surface area (Å²) < 4.78 is 37.5. The molecule has 0 atom stereocenters. The number of aromatic nitrogens is 3. The molecule has 1 N–H and O–H groups in total. The van der Waals surface area contributed by atoms with Gasteiger partial charge >= 0.3 is 6.18 Å². The highest BCUT2D eigenvalue weighted by Gasteiger charge is 2.29. The monoisotopic (exact) mass is 322 g/mol. The van der Waals surface area contributed by atoms with Gasteiger partial charge in [0.05, 0.1) is 5.56 Å². The molecule has 2 aromatic heterocycles. The predicted octanol–water partition coefficient (Wildman–Crippen LogP) is 4.36. The lowest BCUT2D eigenvalue weighted by molar-refractivity contribution is -0.137. The molecule has 0 aliphatic rings. The molecule has 22 heavy (non-hydrogen) atoms. The summed E-state index contributed by atoms with van der Waals surface area (Å²) in [7, 11) is 0. The SMILES string of the molecule is FC(F)(F)c1ccc(Nc2nccc(-c3nccs3)n2)cc1. The van der Waals surface area contributed by atoms with Crippen molar-refractivity contribution in [3.63, 3.8) is 0 Å². The van der Waals surface area contributed by atoms with E-state index < -0.39 is 11.7 Å². The highest BCUT2D eigenvalue weighted by Crippen LogP contribution is 2.30. The molecule has 0 saturated carbocycles. The third-order valence-corrected chi connectivity index (χ3v) is 3.57. The van der Waals surface area contributed by atoms with Gasteiger partial charge in [0.1, 0.15) is 10.7 Å². The number of benzene rings is 1. The second kappa shape index (κ2) is 5.72. The quantitative estimate of drug-likeness (QED) is 0.778. The zero-order valence-electron chi connectivity index (χ0n) is 11.0. The van der Waals surface area contributed by atoms with Crippen LogP contribution in [-0.4, -0.2) is 15.0 Å². The van der Waals surface area contributed by atoms with Gasteiger partial charge in [-0.3, -0.25) is 0 Å². The summed E-state index contributed by atoms with van der Waals surface area (Å²) in [5, 5.41) is 5.45. The van der Waals surface area contributed by atoms with Crippen LogP contribution in [0, 0.1) is 0 Å². The average Bonchev–Trinajstić information content (AvgIpc) is 3.01. The van der Waals surface area contributed by atoms with Gasteiger partial charge < -0.3 is 5.32 Å². The maximum absolute atomic E-state index is 12.5. The van der Waals surface area contributed by atoms with Gasteiger partial charge in [-0.1, -0.05) is 0 Å². The molecule has 3 aromatic rings. The molecule has 0 amide bonds. The molecule has 0 spiro atoms. The summed E-state index contributed by atoms with van der Waals surface area (Å²) in [6.45, 7) is 0. The summed E-state index contributed by atoms with van der Waals surface area (Å²) in [6, 6.07) is 6.40. The molecule has 1 aromatic carbocycles. The van der Waals surface area contributed by atoms with Crippen LogP contribution in [-0.2, 0) is 6.18 Å². The topological polar surface area (TPSA) is 50.7 Å². The minimum atomic E-state index is -4.35. The largest absolute Gasteiger partial charge is 0.416 e. The first-order chi connectivity index (χ1) is 10.5. The Balaban J connectivity index is 1.80. The molecule has 0 bridgehead atoms. The standard InChI is InChI=1S/C14H9F3N4S/c15-14(16,17)9-1-3-10(4-2-9)20-13-19-6-5-11(21-13)12-18-7-8-22-12/h1-8H,(H,19,20,21). The van der Waals surface area contributed by atoms with Gasteiger partial charge in [0.2, 0.25) is 5.95 Å². The fourth-order valence-corrected chi connectivity index (χ4v) is 2.37. The van der Waals surface area contributed by atoms with Crippen molar-refractivity contribution in [1.82, 2.24) is 15.0 Å². The molecular weight excluding hydrogens is 313 g/mol. The molecule has 4 nitrogen and oxygen atoms in total. The van der Waals surface area contributed by atoms with E-state index in [0.717, 1.165) is 17.1 Å². The van der Waals surface area contributed by atoms with Crippen LogP contribution in [0.3, 0.4) is 0 Å². The summed E-state index contributed by atoms with van der Waals surface area (Å²) >= 11 is 1.44. The van der Waals surface area contributed by atoms with E-state index in [-0.39, 0.29) is 0 Å². The molecule has 112 valence electrons. The lowest BCUT2D eigenvalue weighted by atomic mass is 10.2. The van der Waals surface area contributed by atoms with E-state index in [1.54, 1.807) is 18.5 Å². The van der Waals surface area contributed by atoms with E-state index >= 15 is 0 Å². The van der Waals surface area contributed by atoms with Crippen LogP contribution in [0.15, 0.2) is 48.1 Å². The fraction of sp³-hybridized carbons (Fsp3) is 0.0714. The summed E-state index contributed by atoms with van der Waals surface area (Å²) in [6.07, 6.45) is -1.11. The average molecular weight is 322 g/mol. The van der Waals surface area contributed by atoms with Crippen molar-refractivity contribution in [2.24, 2.45) is 0 Å². The molecule has 0 fully saturated rings. The zero-order valence-corrected chi connectivity index (χ0v) is 11.8. The molecule has 0 aliphatic carbocycles. The lowest BCUT2D eigenvalue weighted by Gasteiger charge is -2.09. The van der Waals surface area contributed by atoms with E-state index in [4.69, 9.17) is 0 Å². The molecular formula is C14H9F3N4S. The third-order valence-electron chi connectivity index (χ3n) is 2.78. The van der Waals surface area contributed by atoms with Crippen LogP contribution in [0.25, 0.3) is 10.7 Å². The summed E-state index contributed by atoms with van der Waals surface area (Å²) in [5.41, 5.74) is 0.430. The second-order valence-electron chi connectivity index (χ2n) is 4.30. The highest BCUT2D eigenvalue weighted by molar-refractivity contribution is 7.13. The number of nitrogens with one attached hydrogen (secondary N) is 1. The Morgan fingerprint density at radius 3 is 2.36 bits per heavy atom. The first kappa shape index (κ1) is 14.5. The van der Waals surface area contributed by atoms with Gasteiger partial charge in [0.15, 0.2) is 0 Å². The van der Waals surface area contributed by atoms with Gasteiger partial charge in [0.25, 0.3) is 0 Å². The normalized spacial score (nSPS) is 11.4. The van der Waals surface area contributed by atoms with Gasteiger partial charge in [-0.25, -0.2) is 15.0 Å². The Hall–Kier alpha value is -2.48. The van der Waals surface area contributed by atoms with Crippen molar-refractivity contribution in [1.29, 1.82) is 0 Å². The van der Waals surface area contributed by atoms with Crippen LogP contribution in [0.2, 0.25) is 0 Å². The Bertz CT molecular complexity index is 755. The fourth-order valence-electron chi connectivity index (χ4n) is 1.76. The van der Waals surface area contributed by atoms with Crippen molar-refractivity contribution in [3.8, 4) is 10.7 Å². The maximum Gasteiger partial charge on any atom is 0.416 e. The molecule has 0 aliphatic heterocycles. The van der Waals surface area contributed by atoms with Gasteiger partial charge in [-0.05, 0) is 30.3 Å². The van der Waals surface area contributed by atoms with Crippen molar-refractivity contribution < 1.29 is 13.2 Å². The molecule has 8 heteroatoms. The van der Waals surface area contributed by atoms with Crippen LogP contribution in [0.5, 0.6) is 0 Å². The Labute approximate surface area is 127 Å². The number of rotatable bonds is 3. The van der Waals surface area contributed by atoms with Crippen molar-refractivity contribution >= 4 is 23.0 Å². The first-order valence-electron chi connectivity index (χ1n) is 6.19. The zero-order chi connectivity index (χ0) is 15.6. The third kappa shape index (κ3) is 3.22. The smallest absolute Gasteiger partial charge is 0.324 e. The van der Waals surface area contributed by atoms with Crippen LogP contribution in [0.1, 0.15) is 5.56 Å². The maximum atomic E-state index is 12.5. The first-order valence-corrected chi connectivity index (χ1v) is 7.07. The van der Waals surface area contributed by atoms with Gasteiger partial charge in [0, 0.05) is 23.5 Å². The number of hydrogen-bond donors (Lipinski definition) is 1. The van der Waals surface area contributed by atoms with Crippen LogP contribution in [0.4, 0.5) is 24.8 Å². The van der Waals surface area contributed by atoms with Crippen molar-refractivity contribution in [2.45, 2.75) is 6.18 Å². The van der Waals surface area contributed by atoms with Crippen LogP contribution < -0.4 is 5.32 Å². The van der Waals surface area contributed by atoms with E-state index in [9.17, 15) is 13.2 Å². The van der Waals surface area contributed by atoms with Gasteiger partial charge in [-0.2, -0.15) is 13.2 Å². The van der Waals surface area contributed by atoms with Gasteiger partial charge in [-0.15, -0.1) is 11.3 Å². The van der Waals surface area contributed by atoms with E-state index in [1.807, 2.05) is 5.38 Å². The highest BCUT2D eigenvalue weighted by atomic mass is 32.1. The Kier molecular flexibility index (Phi) is 3.76. The number of alkyl halides is 3. The minimum Gasteiger partial charge on any atom is -0.324 e. The Morgan fingerprint density at radius 1 is 0.955 bits per heavy atom.